The molecule has 0 saturated heterocycles. The van der Waals surface area contributed by atoms with Gasteiger partial charge >= 0.3 is 0 Å². The lowest BCUT2D eigenvalue weighted by Crippen LogP contribution is -2.41. The van der Waals surface area contributed by atoms with E-state index in [1.165, 1.54) is 38.3 Å². The van der Waals surface area contributed by atoms with Crippen LogP contribution in [0.2, 0.25) is 0 Å². The molecule has 2 aliphatic carbocycles. The third kappa shape index (κ3) is 3.12. The van der Waals surface area contributed by atoms with Gasteiger partial charge in [0.25, 0.3) is 10.0 Å². The largest absolute Gasteiger partial charge is 0.376 e. The molecule has 1 amide bonds. The SMILES string of the molecule is CC(=O)NS(=O)(=O)c1ccc2c(c1)C1CCC3CCCC3C1C(c1ccnn1C)N2. The molecule has 8 heteroatoms. The highest BCUT2D eigenvalue weighted by Gasteiger charge is 2.49. The van der Waals surface area contributed by atoms with Crippen molar-refractivity contribution in [2.75, 3.05) is 5.32 Å². The van der Waals surface area contributed by atoms with Crippen molar-refractivity contribution >= 4 is 21.6 Å². The zero-order valence-corrected chi connectivity index (χ0v) is 18.2. The van der Waals surface area contributed by atoms with Crippen molar-refractivity contribution in [3.8, 4) is 0 Å². The zero-order chi connectivity index (χ0) is 21.0. The first-order valence-electron chi connectivity index (χ1n) is 10.8. The molecule has 1 aromatic heterocycles. The van der Waals surface area contributed by atoms with Gasteiger partial charge < -0.3 is 5.32 Å². The minimum atomic E-state index is -3.85. The second kappa shape index (κ2) is 7.11. The fraction of sp³-hybridized carbons (Fsp3) is 0.545. The molecule has 0 spiro atoms. The van der Waals surface area contributed by atoms with E-state index in [2.05, 4.69) is 21.2 Å². The van der Waals surface area contributed by atoms with Crippen LogP contribution in [0.1, 0.15) is 62.2 Å². The average molecular weight is 429 g/mol. The standard InChI is InChI=1S/C22H28N4O3S/c1-13(27)25-30(28,29)15-7-9-19-18(12-15)17-8-6-14-4-3-5-16(14)21(17)22(24-19)20-10-11-23-26(20)2/h7,9-12,14,16-17,21-22,24H,3-6,8H2,1-2H3,(H,25,27). The Bertz CT molecular complexity index is 1090. The smallest absolute Gasteiger partial charge is 0.264 e. The quantitative estimate of drug-likeness (QED) is 0.782. The van der Waals surface area contributed by atoms with Gasteiger partial charge in [-0.25, -0.2) is 13.1 Å². The van der Waals surface area contributed by atoms with Gasteiger partial charge in [-0.2, -0.15) is 5.10 Å². The maximum Gasteiger partial charge on any atom is 0.264 e. The number of rotatable bonds is 3. The highest BCUT2D eigenvalue weighted by Crippen LogP contribution is 2.58. The van der Waals surface area contributed by atoms with Crippen molar-refractivity contribution in [2.24, 2.45) is 24.8 Å². The van der Waals surface area contributed by atoms with Crippen molar-refractivity contribution in [3.63, 3.8) is 0 Å². The monoisotopic (exact) mass is 428 g/mol. The number of benzene rings is 1. The van der Waals surface area contributed by atoms with E-state index in [1.807, 2.05) is 24.0 Å². The van der Waals surface area contributed by atoms with Crippen molar-refractivity contribution in [3.05, 3.63) is 41.7 Å². The van der Waals surface area contributed by atoms with Gasteiger partial charge in [0.15, 0.2) is 0 Å². The molecule has 0 radical (unpaired) electrons. The number of aryl methyl sites for hydroxylation is 1. The summed E-state index contributed by atoms with van der Waals surface area (Å²) in [4.78, 5) is 11.5. The number of aromatic nitrogens is 2. The first kappa shape index (κ1) is 19.6. The number of sulfonamides is 1. The first-order chi connectivity index (χ1) is 14.3. The summed E-state index contributed by atoms with van der Waals surface area (Å²) in [6, 6.07) is 7.47. The number of nitrogens with one attached hydrogen (secondary N) is 2. The molecule has 5 atom stereocenters. The Morgan fingerprint density at radius 2 is 2.03 bits per heavy atom. The van der Waals surface area contributed by atoms with Crippen LogP contribution in [0.25, 0.3) is 0 Å². The lowest BCUT2D eigenvalue weighted by molar-refractivity contribution is -0.117. The second-order valence-corrected chi connectivity index (χ2v) is 10.7. The van der Waals surface area contributed by atoms with Crippen LogP contribution < -0.4 is 10.0 Å². The number of carbonyl (C=O) groups is 1. The van der Waals surface area contributed by atoms with Crippen molar-refractivity contribution in [1.29, 1.82) is 0 Å². The van der Waals surface area contributed by atoms with E-state index in [4.69, 9.17) is 0 Å². The van der Waals surface area contributed by atoms with Gasteiger partial charge in [0.1, 0.15) is 0 Å². The molecule has 30 heavy (non-hydrogen) atoms. The van der Waals surface area contributed by atoms with Crippen LogP contribution in [0.15, 0.2) is 35.4 Å². The summed E-state index contributed by atoms with van der Waals surface area (Å²) in [6.07, 6.45) is 7.93. The number of carbonyl (C=O) groups excluding carboxylic acids is 1. The van der Waals surface area contributed by atoms with E-state index in [1.54, 1.807) is 12.1 Å². The molecule has 0 bridgehead atoms. The molecule has 2 fully saturated rings. The molecule has 5 unspecified atom stereocenters. The van der Waals surface area contributed by atoms with E-state index in [0.29, 0.717) is 17.8 Å². The molecular weight excluding hydrogens is 400 g/mol. The van der Waals surface area contributed by atoms with Crippen molar-refractivity contribution in [1.82, 2.24) is 14.5 Å². The summed E-state index contributed by atoms with van der Waals surface area (Å²) >= 11 is 0. The maximum absolute atomic E-state index is 12.6. The Morgan fingerprint density at radius 1 is 1.20 bits per heavy atom. The van der Waals surface area contributed by atoms with Crippen LogP contribution in [-0.4, -0.2) is 24.1 Å². The molecule has 2 aromatic rings. The van der Waals surface area contributed by atoms with Crippen LogP contribution >= 0.6 is 0 Å². The highest BCUT2D eigenvalue weighted by molar-refractivity contribution is 7.90. The normalized spacial score (nSPS) is 30.0. The van der Waals surface area contributed by atoms with Crippen LogP contribution in [0.5, 0.6) is 0 Å². The predicted octanol–water partition coefficient (Wildman–Crippen LogP) is 3.32. The van der Waals surface area contributed by atoms with E-state index >= 15 is 0 Å². The summed E-state index contributed by atoms with van der Waals surface area (Å²) in [5, 5.41) is 8.13. The number of hydrogen-bond donors (Lipinski definition) is 2. The van der Waals surface area contributed by atoms with Crippen LogP contribution in [0, 0.1) is 17.8 Å². The molecule has 7 nitrogen and oxygen atoms in total. The minimum Gasteiger partial charge on any atom is -0.376 e. The lowest BCUT2D eigenvalue weighted by Gasteiger charge is -2.49. The zero-order valence-electron chi connectivity index (χ0n) is 17.3. The highest BCUT2D eigenvalue weighted by atomic mass is 32.2. The Balaban J connectivity index is 1.60. The van der Waals surface area contributed by atoms with Gasteiger partial charge in [-0.1, -0.05) is 12.8 Å². The number of hydrogen-bond acceptors (Lipinski definition) is 5. The summed E-state index contributed by atoms with van der Waals surface area (Å²) in [6.45, 7) is 1.22. The third-order valence-electron chi connectivity index (χ3n) is 7.41. The van der Waals surface area contributed by atoms with E-state index < -0.39 is 15.9 Å². The van der Waals surface area contributed by atoms with Gasteiger partial charge in [-0.05, 0) is 72.8 Å². The van der Waals surface area contributed by atoms with E-state index in [0.717, 1.165) is 23.6 Å². The molecule has 160 valence electrons. The lowest BCUT2D eigenvalue weighted by atomic mass is 9.61. The van der Waals surface area contributed by atoms with Gasteiger partial charge in [-0.3, -0.25) is 9.48 Å². The molecule has 2 N–H and O–H groups in total. The third-order valence-corrected chi connectivity index (χ3v) is 8.84. The molecule has 2 saturated carbocycles. The maximum atomic E-state index is 12.6. The fourth-order valence-corrected chi connectivity index (χ4v) is 7.30. The molecule has 2 heterocycles. The van der Waals surface area contributed by atoms with Gasteiger partial charge in [0.05, 0.1) is 16.6 Å². The molecule has 1 aliphatic heterocycles. The van der Waals surface area contributed by atoms with Gasteiger partial charge in [0, 0.05) is 25.9 Å². The predicted molar refractivity (Wildman–Crippen MR) is 113 cm³/mol. The van der Waals surface area contributed by atoms with Crippen LogP contribution in [-0.2, 0) is 21.9 Å². The summed E-state index contributed by atoms with van der Waals surface area (Å²) in [7, 11) is -1.87. The van der Waals surface area contributed by atoms with Crippen molar-refractivity contribution in [2.45, 2.75) is 55.9 Å². The van der Waals surface area contributed by atoms with Crippen LogP contribution in [0.4, 0.5) is 5.69 Å². The first-order valence-corrected chi connectivity index (χ1v) is 12.3. The Morgan fingerprint density at radius 3 is 2.77 bits per heavy atom. The Hall–Kier alpha value is -2.35. The number of anilines is 1. The Labute approximate surface area is 177 Å². The van der Waals surface area contributed by atoms with Crippen molar-refractivity contribution < 1.29 is 13.2 Å². The average Bonchev–Trinajstić information content (AvgIpc) is 3.34. The summed E-state index contributed by atoms with van der Waals surface area (Å²) in [5.41, 5.74) is 3.23. The van der Waals surface area contributed by atoms with E-state index in [-0.39, 0.29) is 10.9 Å². The Kier molecular flexibility index (Phi) is 4.65. The fourth-order valence-electron chi connectivity index (χ4n) is 6.28. The van der Waals surface area contributed by atoms with Gasteiger partial charge in [0.2, 0.25) is 5.91 Å². The topological polar surface area (TPSA) is 93.1 Å². The molecule has 3 aliphatic rings. The number of amides is 1. The number of fused-ring (bicyclic) bond motifs is 5. The van der Waals surface area contributed by atoms with Crippen LogP contribution in [0.3, 0.4) is 0 Å². The summed E-state index contributed by atoms with van der Waals surface area (Å²) < 4.78 is 29.2. The molecular formula is C22H28N4O3S. The van der Waals surface area contributed by atoms with Gasteiger partial charge in [-0.15, -0.1) is 0 Å². The summed E-state index contributed by atoms with van der Waals surface area (Å²) in [5.74, 6) is 1.53. The number of nitrogens with zero attached hydrogens (tertiary/aromatic N) is 2. The molecule has 1 aromatic carbocycles. The minimum absolute atomic E-state index is 0.157. The molecule has 5 rings (SSSR count). The second-order valence-electron chi connectivity index (χ2n) is 9.03. The van der Waals surface area contributed by atoms with E-state index in [9.17, 15) is 13.2 Å².